The number of aryl methyl sites for hydroxylation is 1. The fourth-order valence-electron chi connectivity index (χ4n) is 3.18. The minimum Gasteiger partial charge on any atom is -0.346 e. The van der Waals surface area contributed by atoms with E-state index in [0.29, 0.717) is 16.7 Å². The number of carbonyl (C=O) groups excluding carboxylic acids is 2. The Hall–Kier alpha value is -4.05. The van der Waals surface area contributed by atoms with Crippen molar-refractivity contribution in [2.24, 2.45) is 0 Å². The van der Waals surface area contributed by atoms with E-state index in [1.165, 1.54) is 36.0 Å². The Labute approximate surface area is 199 Å². The van der Waals surface area contributed by atoms with Gasteiger partial charge in [-0.05, 0) is 55.0 Å². The summed E-state index contributed by atoms with van der Waals surface area (Å²) in [5.41, 5.74) is 3.23. The van der Waals surface area contributed by atoms with Gasteiger partial charge in [-0.15, -0.1) is 10.2 Å². The standard InChI is InChI=1S/C24H21FN6O2S/c1-16-4-2-3-5-20(16)31-23(17-10-12-26-13-11-17)29-30-24(31)34-15-22(33)27-14-21(32)28-19-8-6-18(25)7-9-19/h2-13H,14-15H2,1H3,(H,27,33)(H,28,32). The van der Waals surface area contributed by atoms with Crippen molar-refractivity contribution in [3.63, 3.8) is 0 Å². The van der Waals surface area contributed by atoms with Crippen molar-refractivity contribution in [2.45, 2.75) is 12.1 Å². The summed E-state index contributed by atoms with van der Waals surface area (Å²) in [7, 11) is 0. The number of thioether (sulfide) groups is 1. The maximum absolute atomic E-state index is 13.0. The molecule has 4 aromatic rings. The first-order valence-electron chi connectivity index (χ1n) is 10.4. The lowest BCUT2D eigenvalue weighted by molar-refractivity contribution is -0.122. The fourth-order valence-corrected chi connectivity index (χ4v) is 3.96. The summed E-state index contributed by atoms with van der Waals surface area (Å²) < 4.78 is 14.9. The highest BCUT2D eigenvalue weighted by atomic mass is 32.2. The van der Waals surface area contributed by atoms with Crippen LogP contribution < -0.4 is 10.6 Å². The number of nitrogens with one attached hydrogen (secondary N) is 2. The average Bonchev–Trinajstić information content (AvgIpc) is 3.27. The van der Waals surface area contributed by atoms with Gasteiger partial charge in [0.1, 0.15) is 5.82 Å². The monoisotopic (exact) mass is 476 g/mol. The number of hydrogen-bond acceptors (Lipinski definition) is 6. The van der Waals surface area contributed by atoms with E-state index in [9.17, 15) is 14.0 Å². The molecule has 0 aliphatic rings. The van der Waals surface area contributed by atoms with Crippen LogP contribution in [0.2, 0.25) is 0 Å². The predicted molar refractivity (Wildman–Crippen MR) is 128 cm³/mol. The van der Waals surface area contributed by atoms with Gasteiger partial charge in [0.05, 0.1) is 18.0 Å². The van der Waals surface area contributed by atoms with Gasteiger partial charge in [-0.2, -0.15) is 0 Å². The molecule has 10 heteroatoms. The summed E-state index contributed by atoms with van der Waals surface area (Å²) in [5, 5.41) is 14.4. The van der Waals surface area contributed by atoms with Gasteiger partial charge in [-0.3, -0.25) is 19.1 Å². The Kier molecular flexibility index (Phi) is 7.28. The van der Waals surface area contributed by atoms with Crippen molar-refractivity contribution in [1.82, 2.24) is 25.1 Å². The molecule has 2 heterocycles. The number of benzene rings is 2. The van der Waals surface area contributed by atoms with E-state index in [-0.39, 0.29) is 18.2 Å². The lowest BCUT2D eigenvalue weighted by atomic mass is 10.2. The van der Waals surface area contributed by atoms with Crippen LogP contribution in [0.4, 0.5) is 10.1 Å². The average molecular weight is 477 g/mol. The summed E-state index contributed by atoms with van der Waals surface area (Å²) in [4.78, 5) is 28.5. The summed E-state index contributed by atoms with van der Waals surface area (Å²) in [6.45, 7) is 1.79. The van der Waals surface area contributed by atoms with Crippen molar-refractivity contribution in [3.8, 4) is 17.1 Å². The molecule has 0 atom stereocenters. The van der Waals surface area contributed by atoms with Crippen LogP contribution in [0.3, 0.4) is 0 Å². The molecule has 0 unspecified atom stereocenters. The molecule has 2 aromatic carbocycles. The maximum Gasteiger partial charge on any atom is 0.243 e. The Bertz CT molecular complexity index is 1290. The molecule has 0 saturated carbocycles. The number of pyridine rings is 1. The Morgan fingerprint density at radius 3 is 2.44 bits per heavy atom. The highest BCUT2D eigenvalue weighted by molar-refractivity contribution is 7.99. The molecule has 0 radical (unpaired) electrons. The molecular weight excluding hydrogens is 455 g/mol. The normalized spacial score (nSPS) is 10.6. The molecule has 8 nitrogen and oxygen atoms in total. The van der Waals surface area contributed by atoms with Crippen molar-refractivity contribution in [2.75, 3.05) is 17.6 Å². The lowest BCUT2D eigenvalue weighted by Crippen LogP contribution is -2.33. The number of aromatic nitrogens is 4. The Morgan fingerprint density at radius 1 is 0.971 bits per heavy atom. The Balaban J connectivity index is 1.43. The number of anilines is 1. The number of halogens is 1. The molecule has 0 aliphatic heterocycles. The highest BCUT2D eigenvalue weighted by Gasteiger charge is 2.18. The summed E-state index contributed by atoms with van der Waals surface area (Å²) >= 11 is 1.22. The van der Waals surface area contributed by atoms with Crippen molar-refractivity contribution >= 4 is 29.3 Å². The van der Waals surface area contributed by atoms with E-state index in [1.807, 2.05) is 47.9 Å². The van der Waals surface area contributed by atoms with Crippen LogP contribution in [0.15, 0.2) is 78.2 Å². The van der Waals surface area contributed by atoms with Gasteiger partial charge in [0.25, 0.3) is 0 Å². The number of nitrogens with zero attached hydrogens (tertiary/aromatic N) is 4. The SMILES string of the molecule is Cc1ccccc1-n1c(SCC(=O)NCC(=O)Nc2ccc(F)cc2)nnc1-c1ccncc1. The second-order valence-electron chi connectivity index (χ2n) is 7.28. The van der Waals surface area contributed by atoms with Gasteiger partial charge < -0.3 is 10.6 Å². The molecule has 0 saturated heterocycles. The molecule has 172 valence electrons. The van der Waals surface area contributed by atoms with Crippen molar-refractivity contribution in [1.29, 1.82) is 0 Å². The topological polar surface area (TPSA) is 102 Å². The second kappa shape index (κ2) is 10.7. The third-order valence-corrected chi connectivity index (χ3v) is 5.76. The molecule has 34 heavy (non-hydrogen) atoms. The van der Waals surface area contributed by atoms with Crippen molar-refractivity contribution < 1.29 is 14.0 Å². The van der Waals surface area contributed by atoms with Gasteiger partial charge in [-0.25, -0.2) is 4.39 Å². The van der Waals surface area contributed by atoms with E-state index in [4.69, 9.17) is 0 Å². The highest BCUT2D eigenvalue weighted by Crippen LogP contribution is 2.29. The van der Waals surface area contributed by atoms with Crippen LogP contribution in [0.1, 0.15) is 5.56 Å². The zero-order valence-corrected chi connectivity index (χ0v) is 19.1. The minimum atomic E-state index is -0.409. The van der Waals surface area contributed by atoms with Crippen LogP contribution in [0.5, 0.6) is 0 Å². The minimum absolute atomic E-state index is 0.0458. The van der Waals surface area contributed by atoms with Gasteiger partial charge in [0, 0.05) is 23.6 Å². The predicted octanol–water partition coefficient (Wildman–Crippen LogP) is 3.62. The first-order valence-corrected chi connectivity index (χ1v) is 11.4. The van der Waals surface area contributed by atoms with Gasteiger partial charge >= 0.3 is 0 Å². The molecule has 0 fully saturated rings. The molecule has 0 spiro atoms. The molecule has 0 aliphatic carbocycles. The third kappa shape index (κ3) is 5.65. The third-order valence-electron chi connectivity index (χ3n) is 4.83. The van der Waals surface area contributed by atoms with Gasteiger partial charge in [0.15, 0.2) is 11.0 Å². The van der Waals surface area contributed by atoms with Gasteiger partial charge in [0.2, 0.25) is 11.8 Å². The van der Waals surface area contributed by atoms with E-state index >= 15 is 0 Å². The summed E-state index contributed by atoms with van der Waals surface area (Å²) in [6, 6.07) is 16.9. The Morgan fingerprint density at radius 2 is 1.71 bits per heavy atom. The van der Waals surface area contributed by atoms with E-state index in [2.05, 4.69) is 25.8 Å². The van der Waals surface area contributed by atoms with Crippen molar-refractivity contribution in [3.05, 3.63) is 84.4 Å². The van der Waals surface area contributed by atoms with E-state index in [0.717, 1.165) is 16.8 Å². The number of carbonyl (C=O) groups is 2. The molecule has 2 N–H and O–H groups in total. The number of hydrogen-bond donors (Lipinski definition) is 2. The quantitative estimate of drug-likeness (QED) is 0.377. The molecule has 4 rings (SSSR count). The molecular formula is C24H21FN6O2S. The smallest absolute Gasteiger partial charge is 0.243 e. The maximum atomic E-state index is 13.0. The summed E-state index contributed by atoms with van der Waals surface area (Å²) in [5.74, 6) is -0.450. The van der Waals surface area contributed by atoms with Crippen LogP contribution in [0.25, 0.3) is 17.1 Å². The molecule has 0 bridgehead atoms. The van der Waals surface area contributed by atoms with E-state index < -0.39 is 11.7 Å². The van der Waals surface area contributed by atoms with E-state index in [1.54, 1.807) is 12.4 Å². The largest absolute Gasteiger partial charge is 0.346 e. The van der Waals surface area contributed by atoms with Crippen LogP contribution >= 0.6 is 11.8 Å². The first-order chi connectivity index (χ1) is 16.5. The number of para-hydroxylation sites is 1. The molecule has 2 aromatic heterocycles. The number of amides is 2. The van der Waals surface area contributed by atoms with Crippen LogP contribution in [-0.4, -0.2) is 43.9 Å². The lowest BCUT2D eigenvalue weighted by Gasteiger charge is -2.13. The van der Waals surface area contributed by atoms with Crippen LogP contribution in [-0.2, 0) is 9.59 Å². The fraction of sp³-hybridized carbons (Fsp3) is 0.125. The molecule has 2 amide bonds. The second-order valence-corrected chi connectivity index (χ2v) is 8.23. The van der Waals surface area contributed by atoms with Crippen LogP contribution in [0, 0.1) is 12.7 Å². The zero-order chi connectivity index (χ0) is 23.9. The van der Waals surface area contributed by atoms with Gasteiger partial charge in [-0.1, -0.05) is 30.0 Å². The first kappa shape index (κ1) is 23.1. The summed E-state index contributed by atoms with van der Waals surface area (Å²) in [6.07, 6.45) is 3.37. The number of rotatable bonds is 8. The zero-order valence-electron chi connectivity index (χ0n) is 18.2.